The molecule has 1 aromatic rings. The number of carbonyl (C=O) groups is 1. The Kier molecular flexibility index (Phi) is 4.37. The average Bonchev–Trinajstić information content (AvgIpc) is 2.75. The first-order valence-corrected chi connectivity index (χ1v) is 7.06. The summed E-state index contributed by atoms with van der Waals surface area (Å²) in [5.41, 5.74) is 4.75. The van der Waals surface area contributed by atoms with Crippen molar-refractivity contribution in [2.24, 2.45) is 10.9 Å². The Bertz CT molecular complexity index is 542. The molecule has 0 saturated carbocycles. The highest BCUT2D eigenvalue weighted by atomic mass is 32.2. The molecule has 0 radical (unpaired) electrons. The van der Waals surface area contributed by atoms with Gasteiger partial charge in [0, 0.05) is 5.38 Å². The van der Waals surface area contributed by atoms with Gasteiger partial charge in [0.25, 0.3) is 11.8 Å². The third kappa shape index (κ3) is 3.98. The van der Waals surface area contributed by atoms with Gasteiger partial charge in [0.1, 0.15) is 4.21 Å². The predicted molar refractivity (Wildman–Crippen MR) is 62.0 cm³/mol. The van der Waals surface area contributed by atoms with Crippen LogP contribution in [0.1, 0.15) is 10.4 Å². The molecule has 0 atom stereocenters. The van der Waals surface area contributed by atoms with Gasteiger partial charge in [0.2, 0.25) is 10.0 Å². The van der Waals surface area contributed by atoms with E-state index in [0.29, 0.717) is 0 Å². The molecule has 0 unspecified atom stereocenters. The second-order valence-corrected chi connectivity index (χ2v) is 6.14. The monoisotopic (exact) mass is 299 g/mol. The third-order valence-electron chi connectivity index (χ3n) is 1.92. The van der Waals surface area contributed by atoms with Crippen LogP contribution >= 0.6 is 11.3 Å². The minimum atomic E-state index is -3.89. The van der Waals surface area contributed by atoms with Crippen molar-refractivity contribution in [3.8, 4) is 0 Å². The fourth-order valence-electron chi connectivity index (χ4n) is 0.969. The van der Waals surface area contributed by atoms with Gasteiger partial charge in [-0.3, -0.25) is 4.79 Å². The number of thiophene rings is 1. The molecule has 1 heterocycles. The minimum Gasteiger partial charge on any atom is -0.346 e. The summed E-state index contributed by atoms with van der Waals surface area (Å²) in [6.07, 6.45) is 0. The normalized spacial score (nSPS) is 12.4. The summed E-state index contributed by atoms with van der Waals surface area (Å²) in [6.45, 7) is -1.80. The van der Waals surface area contributed by atoms with Gasteiger partial charge in [-0.15, -0.1) is 11.3 Å². The maximum absolute atomic E-state index is 12.8. The van der Waals surface area contributed by atoms with Crippen LogP contribution in [-0.2, 0) is 10.0 Å². The minimum absolute atomic E-state index is 0.0446. The molecule has 18 heavy (non-hydrogen) atoms. The van der Waals surface area contributed by atoms with E-state index in [1.807, 2.05) is 5.32 Å². The summed E-state index contributed by atoms with van der Waals surface area (Å²) in [7, 11) is -3.89. The number of hydrogen-bond donors (Lipinski definition) is 3. The summed E-state index contributed by atoms with van der Waals surface area (Å²) in [5, 5.41) is 8.02. The van der Waals surface area contributed by atoms with E-state index in [1.165, 1.54) is 5.38 Å². The molecule has 0 spiro atoms. The topological polar surface area (TPSA) is 115 Å². The van der Waals surface area contributed by atoms with Gasteiger partial charge in [-0.05, 0) is 6.07 Å². The maximum Gasteiger partial charge on any atom is 0.277 e. The number of hydrogen-bond acceptors (Lipinski definition) is 5. The smallest absolute Gasteiger partial charge is 0.277 e. The highest BCUT2D eigenvalue weighted by molar-refractivity contribution is 7.91. The molecule has 5 N–H and O–H groups in total. The predicted octanol–water partition coefficient (Wildman–Crippen LogP) is -0.281. The van der Waals surface area contributed by atoms with Gasteiger partial charge in [0.15, 0.2) is 0 Å². The fraction of sp³-hybridized carbons (Fsp3) is 0.375. The molecule has 0 aliphatic carbocycles. The summed E-state index contributed by atoms with van der Waals surface area (Å²) in [5.74, 6) is -4.01. The summed E-state index contributed by atoms with van der Waals surface area (Å²) >= 11 is 0.738. The molecular weight excluding hydrogens is 288 g/mol. The lowest BCUT2D eigenvalue weighted by atomic mass is 10.3. The van der Waals surface area contributed by atoms with E-state index in [-0.39, 0.29) is 9.77 Å². The molecular formula is C8H11F2N3O3S2. The Morgan fingerprint density at radius 3 is 2.56 bits per heavy atom. The zero-order valence-electron chi connectivity index (χ0n) is 9.02. The van der Waals surface area contributed by atoms with Crippen LogP contribution in [0.15, 0.2) is 15.7 Å². The first-order valence-electron chi connectivity index (χ1n) is 4.63. The van der Waals surface area contributed by atoms with Crippen molar-refractivity contribution in [2.45, 2.75) is 10.1 Å². The van der Waals surface area contributed by atoms with Crippen molar-refractivity contribution >= 4 is 27.3 Å². The van der Waals surface area contributed by atoms with Crippen LogP contribution in [0, 0.1) is 0 Å². The van der Waals surface area contributed by atoms with Crippen LogP contribution < -0.4 is 16.2 Å². The van der Waals surface area contributed by atoms with Crippen molar-refractivity contribution in [1.29, 1.82) is 0 Å². The van der Waals surface area contributed by atoms with Crippen molar-refractivity contribution in [1.82, 2.24) is 5.32 Å². The summed E-state index contributed by atoms with van der Waals surface area (Å²) in [6, 6.07) is 1.02. The second-order valence-electron chi connectivity index (χ2n) is 3.44. The van der Waals surface area contributed by atoms with Crippen molar-refractivity contribution in [3.05, 3.63) is 17.0 Å². The number of primary sulfonamides is 1. The molecule has 102 valence electrons. The van der Waals surface area contributed by atoms with E-state index in [9.17, 15) is 22.0 Å². The molecule has 1 amide bonds. The van der Waals surface area contributed by atoms with Crippen LogP contribution in [0.3, 0.4) is 0 Å². The molecule has 0 fully saturated rings. The van der Waals surface area contributed by atoms with E-state index < -0.39 is 34.9 Å². The first kappa shape index (κ1) is 15.0. The Hall–Kier alpha value is -1.10. The average molecular weight is 299 g/mol. The van der Waals surface area contributed by atoms with Crippen LogP contribution in [0.25, 0.3) is 0 Å². The molecule has 0 aromatic carbocycles. The highest BCUT2D eigenvalue weighted by Gasteiger charge is 2.27. The van der Waals surface area contributed by atoms with Gasteiger partial charge in [-0.2, -0.15) is 0 Å². The number of sulfonamides is 1. The van der Waals surface area contributed by atoms with Crippen LogP contribution in [0.4, 0.5) is 8.78 Å². The van der Waals surface area contributed by atoms with Gasteiger partial charge in [-0.1, -0.05) is 0 Å². The SMILES string of the molecule is NCC(F)(F)CNC(=O)c1csc(S(N)(=O)=O)c1. The molecule has 0 aliphatic heterocycles. The largest absolute Gasteiger partial charge is 0.346 e. The van der Waals surface area contributed by atoms with Crippen LogP contribution in [0.2, 0.25) is 0 Å². The maximum atomic E-state index is 12.8. The summed E-state index contributed by atoms with van der Waals surface area (Å²) < 4.78 is 47.2. The molecule has 0 saturated heterocycles. The fourth-order valence-corrected chi connectivity index (χ4v) is 2.55. The Morgan fingerprint density at radius 1 is 1.50 bits per heavy atom. The molecule has 0 bridgehead atoms. The van der Waals surface area contributed by atoms with Gasteiger partial charge in [-0.25, -0.2) is 22.3 Å². The number of amides is 1. The zero-order chi connectivity index (χ0) is 14.0. The lowest BCUT2D eigenvalue weighted by molar-refractivity contribution is 0.0119. The Morgan fingerprint density at radius 2 is 2.11 bits per heavy atom. The van der Waals surface area contributed by atoms with Crippen molar-refractivity contribution < 1.29 is 22.0 Å². The molecule has 1 aromatic heterocycles. The lowest BCUT2D eigenvalue weighted by Crippen LogP contribution is -2.41. The van der Waals surface area contributed by atoms with E-state index in [2.05, 4.69) is 0 Å². The number of nitrogens with two attached hydrogens (primary N) is 2. The molecule has 6 nitrogen and oxygen atoms in total. The van der Waals surface area contributed by atoms with Crippen LogP contribution in [0.5, 0.6) is 0 Å². The van der Waals surface area contributed by atoms with Gasteiger partial charge >= 0.3 is 0 Å². The Labute approximate surface area is 106 Å². The zero-order valence-corrected chi connectivity index (χ0v) is 10.7. The number of rotatable bonds is 5. The van der Waals surface area contributed by atoms with Crippen molar-refractivity contribution in [3.63, 3.8) is 0 Å². The number of halogens is 2. The highest BCUT2D eigenvalue weighted by Crippen LogP contribution is 2.19. The van der Waals surface area contributed by atoms with E-state index in [4.69, 9.17) is 10.9 Å². The first-order chi connectivity index (χ1) is 8.15. The number of nitrogens with one attached hydrogen (secondary N) is 1. The van der Waals surface area contributed by atoms with E-state index in [1.54, 1.807) is 0 Å². The Balaban J connectivity index is 2.72. The second kappa shape index (κ2) is 5.26. The van der Waals surface area contributed by atoms with Gasteiger partial charge < -0.3 is 11.1 Å². The van der Waals surface area contributed by atoms with E-state index in [0.717, 1.165) is 17.4 Å². The molecule has 10 heteroatoms. The third-order valence-corrected chi connectivity index (χ3v) is 4.31. The molecule has 1 rings (SSSR count). The van der Waals surface area contributed by atoms with Crippen LogP contribution in [-0.4, -0.2) is 33.3 Å². The number of carbonyl (C=O) groups excluding carboxylic acids is 1. The quantitative estimate of drug-likeness (QED) is 0.693. The summed E-state index contributed by atoms with van der Waals surface area (Å²) in [4.78, 5) is 11.4. The molecule has 0 aliphatic rings. The van der Waals surface area contributed by atoms with E-state index >= 15 is 0 Å². The van der Waals surface area contributed by atoms with Gasteiger partial charge in [0.05, 0.1) is 18.7 Å². The standard InChI is InChI=1S/C8H11F2N3O3S2/c9-8(10,3-11)4-13-7(14)5-1-6(17-2-5)18(12,15)16/h1-2H,3-4,11H2,(H,13,14)(H2,12,15,16). The number of alkyl halides is 2. The lowest BCUT2D eigenvalue weighted by Gasteiger charge is -2.13. The van der Waals surface area contributed by atoms with Crippen molar-refractivity contribution in [2.75, 3.05) is 13.1 Å².